The Hall–Kier alpha value is -0.930. The van der Waals surface area contributed by atoms with E-state index in [1.807, 2.05) is 18.2 Å². The zero-order valence-electron chi connectivity index (χ0n) is 8.24. The van der Waals surface area contributed by atoms with Crippen molar-refractivity contribution in [3.63, 3.8) is 0 Å². The number of fused-ring (bicyclic) bond motifs is 3. The number of benzene rings is 2. The molecule has 0 saturated carbocycles. The van der Waals surface area contributed by atoms with Crippen LogP contribution in [0, 0.1) is 0 Å². The maximum atomic E-state index is 4.46. The largest absolute Gasteiger partial charge is 0.241 e. The quantitative estimate of drug-likeness (QED) is 0.419. The Morgan fingerprint density at radius 1 is 0.750 bits per heavy atom. The molecule has 78 valence electrons. The topological polar surface area (TPSA) is 12.9 Å². The Labute approximate surface area is 110 Å². The highest BCUT2D eigenvalue weighted by molar-refractivity contribution is 9.10. The van der Waals surface area contributed by atoms with Gasteiger partial charge in [0, 0.05) is 9.86 Å². The maximum absolute atomic E-state index is 4.46. The van der Waals surface area contributed by atoms with Gasteiger partial charge in [0.2, 0.25) is 0 Å². The lowest BCUT2D eigenvalue weighted by Crippen LogP contribution is -1.82. The van der Waals surface area contributed by atoms with Crippen molar-refractivity contribution in [1.29, 1.82) is 0 Å². The Balaban J connectivity index is 2.55. The van der Waals surface area contributed by atoms with Gasteiger partial charge in [-0.25, -0.2) is 4.98 Å². The number of aromatic nitrogens is 1. The van der Waals surface area contributed by atoms with Gasteiger partial charge in [-0.15, -0.1) is 0 Å². The van der Waals surface area contributed by atoms with Gasteiger partial charge in [0.25, 0.3) is 0 Å². The first-order valence-corrected chi connectivity index (χ1v) is 6.48. The number of hydrogen-bond acceptors (Lipinski definition) is 1. The molecule has 0 saturated heterocycles. The molecule has 0 fully saturated rings. The third kappa shape index (κ3) is 1.55. The summed E-state index contributed by atoms with van der Waals surface area (Å²) in [5.74, 6) is 0. The number of halogens is 2. The van der Waals surface area contributed by atoms with Crippen molar-refractivity contribution in [2.75, 3.05) is 0 Å². The summed E-state index contributed by atoms with van der Waals surface area (Å²) >= 11 is 6.96. The third-order valence-electron chi connectivity index (χ3n) is 2.64. The number of nitrogens with zero attached hydrogens (tertiary/aromatic N) is 1. The molecule has 0 N–H and O–H groups in total. The summed E-state index contributed by atoms with van der Waals surface area (Å²) in [5.41, 5.74) is 1.01. The van der Waals surface area contributed by atoms with Gasteiger partial charge >= 0.3 is 0 Å². The van der Waals surface area contributed by atoms with Gasteiger partial charge in [0.15, 0.2) is 0 Å². The van der Waals surface area contributed by atoms with Crippen molar-refractivity contribution in [3.05, 3.63) is 51.5 Å². The fraction of sp³-hybridized carbons (Fsp3) is 0. The van der Waals surface area contributed by atoms with E-state index in [1.54, 1.807) is 0 Å². The Morgan fingerprint density at radius 3 is 2.44 bits per heavy atom. The highest BCUT2D eigenvalue weighted by Gasteiger charge is 2.03. The van der Waals surface area contributed by atoms with Crippen molar-refractivity contribution in [2.24, 2.45) is 0 Å². The molecule has 1 aromatic heterocycles. The van der Waals surface area contributed by atoms with E-state index in [2.05, 4.69) is 61.1 Å². The van der Waals surface area contributed by atoms with E-state index in [9.17, 15) is 0 Å². The Bertz CT molecular complexity index is 692. The van der Waals surface area contributed by atoms with E-state index in [0.717, 1.165) is 14.6 Å². The van der Waals surface area contributed by atoms with Gasteiger partial charge in [-0.2, -0.15) is 0 Å². The van der Waals surface area contributed by atoms with Crippen molar-refractivity contribution >= 4 is 53.5 Å². The zero-order valence-corrected chi connectivity index (χ0v) is 11.4. The van der Waals surface area contributed by atoms with Crippen LogP contribution in [0.4, 0.5) is 0 Å². The zero-order chi connectivity index (χ0) is 11.1. The summed E-state index contributed by atoms with van der Waals surface area (Å²) in [6.45, 7) is 0. The normalized spacial score (nSPS) is 11.1. The standard InChI is InChI=1S/C13H7Br2N/c14-11-3-1-2-8-9(11)4-6-12-10(8)5-7-13(15)16-12/h1-7H. The average Bonchev–Trinajstić information content (AvgIpc) is 2.28. The highest BCUT2D eigenvalue weighted by atomic mass is 79.9. The molecule has 3 heteroatoms. The molecule has 1 nitrogen and oxygen atoms in total. The summed E-state index contributed by atoms with van der Waals surface area (Å²) < 4.78 is 1.99. The van der Waals surface area contributed by atoms with E-state index < -0.39 is 0 Å². The summed E-state index contributed by atoms with van der Waals surface area (Å²) in [5, 5.41) is 3.63. The lowest BCUT2D eigenvalue weighted by Gasteiger charge is -2.04. The fourth-order valence-corrected chi connectivity index (χ4v) is 2.73. The van der Waals surface area contributed by atoms with Gasteiger partial charge in [0.05, 0.1) is 5.52 Å². The molecule has 0 aliphatic rings. The first kappa shape index (κ1) is 10.2. The van der Waals surface area contributed by atoms with Crippen LogP contribution in [0.2, 0.25) is 0 Å². The summed E-state index contributed by atoms with van der Waals surface area (Å²) in [6, 6.07) is 14.4. The minimum atomic E-state index is 0.870. The summed E-state index contributed by atoms with van der Waals surface area (Å²) in [4.78, 5) is 4.46. The van der Waals surface area contributed by atoms with Crippen LogP contribution in [0.1, 0.15) is 0 Å². The molecular formula is C13H7Br2N. The van der Waals surface area contributed by atoms with Gasteiger partial charge in [-0.3, -0.25) is 0 Å². The first-order chi connectivity index (χ1) is 7.75. The molecule has 0 amide bonds. The minimum absolute atomic E-state index is 0.870. The molecule has 0 unspecified atom stereocenters. The van der Waals surface area contributed by atoms with Gasteiger partial charge < -0.3 is 0 Å². The molecule has 2 aromatic carbocycles. The number of hydrogen-bond donors (Lipinski definition) is 0. The molecule has 0 atom stereocenters. The van der Waals surface area contributed by atoms with Crippen LogP contribution in [0.15, 0.2) is 51.5 Å². The maximum Gasteiger partial charge on any atom is 0.106 e. The van der Waals surface area contributed by atoms with Crippen molar-refractivity contribution in [2.45, 2.75) is 0 Å². The van der Waals surface area contributed by atoms with Crippen LogP contribution in [0.5, 0.6) is 0 Å². The van der Waals surface area contributed by atoms with Crippen LogP contribution in [0.3, 0.4) is 0 Å². The number of rotatable bonds is 0. The second kappa shape index (κ2) is 3.82. The van der Waals surface area contributed by atoms with Crippen molar-refractivity contribution < 1.29 is 0 Å². The summed E-state index contributed by atoms with van der Waals surface area (Å²) in [7, 11) is 0. The molecule has 3 aromatic rings. The fourth-order valence-electron chi connectivity index (χ4n) is 1.91. The van der Waals surface area contributed by atoms with Crippen LogP contribution in [0.25, 0.3) is 21.7 Å². The highest BCUT2D eigenvalue weighted by Crippen LogP contribution is 2.30. The Kier molecular flexibility index (Phi) is 2.45. The minimum Gasteiger partial charge on any atom is -0.241 e. The second-order valence-corrected chi connectivity index (χ2v) is 5.27. The molecule has 1 heterocycles. The van der Waals surface area contributed by atoms with Gasteiger partial charge in [-0.05, 0) is 51.0 Å². The second-order valence-electron chi connectivity index (χ2n) is 3.60. The smallest absolute Gasteiger partial charge is 0.106 e. The summed E-state index contributed by atoms with van der Waals surface area (Å²) in [6.07, 6.45) is 0. The number of pyridine rings is 1. The predicted octanol–water partition coefficient (Wildman–Crippen LogP) is 4.91. The SMILES string of the molecule is Brc1ccc2c(ccc3c(Br)cccc32)n1. The van der Waals surface area contributed by atoms with E-state index in [-0.39, 0.29) is 0 Å². The van der Waals surface area contributed by atoms with Crippen LogP contribution in [-0.2, 0) is 0 Å². The lowest BCUT2D eigenvalue weighted by atomic mass is 10.1. The molecule has 0 bridgehead atoms. The van der Waals surface area contributed by atoms with Crippen molar-refractivity contribution in [1.82, 2.24) is 4.98 Å². The van der Waals surface area contributed by atoms with Crippen LogP contribution < -0.4 is 0 Å². The molecule has 0 radical (unpaired) electrons. The third-order valence-corrected chi connectivity index (χ3v) is 3.77. The van der Waals surface area contributed by atoms with E-state index in [0.29, 0.717) is 0 Å². The van der Waals surface area contributed by atoms with Gasteiger partial charge in [-0.1, -0.05) is 34.1 Å². The monoisotopic (exact) mass is 335 g/mol. The molecule has 0 aliphatic carbocycles. The first-order valence-electron chi connectivity index (χ1n) is 4.89. The predicted molar refractivity (Wildman–Crippen MR) is 74.6 cm³/mol. The molecule has 3 rings (SSSR count). The Morgan fingerprint density at radius 2 is 1.56 bits per heavy atom. The molecule has 0 aliphatic heterocycles. The van der Waals surface area contributed by atoms with Crippen LogP contribution >= 0.6 is 31.9 Å². The van der Waals surface area contributed by atoms with Crippen molar-refractivity contribution in [3.8, 4) is 0 Å². The van der Waals surface area contributed by atoms with E-state index in [4.69, 9.17) is 0 Å². The van der Waals surface area contributed by atoms with E-state index >= 15 is 0 Å². The lowest BCUT2D eigenvalue weighted by molar-refractivity contribution is 1.36. The van der Waals surface area contributed by atoms with Crippen LogP contribution in [-0.4, -0.2) is 4.98 Å². The molecular weight excluding hydrogens is 330 g/mol. The molecule has 16 heavy (non-hydrogen) atoms. The van der Waals surface area contributed by atoms with E-state index in [1.165, 1.54) is 16.2 Å². The average molecular weight is 337 g/mol. The van der Waals surface area contributed by atoms with Gasteiger partial charge in [0.1, 0.15) is 4.60 Å². The molecule has 0 spiro atoms.